The maximum atomic E-state index is 11.9. The highest BCUT2D eigenvalue weighted by Crippen LogP contribution is 1.99. The van der Waals surface area contributed by atoms with Gasteiger partial charge in [0.2, 0.25) is 0 Å². The molecule has 1 rings (SSSR count). The van der Waals surface area contributed by atoms with Crippen molar-refractivity contribution in [3.8, 4) is 0 Å². The van der Waals surface area contributed by atoms with Crippen molar-refractivity contribution in [3.63, 3.8) is 0 Å². The SMILES string of the molecule is CCN(CCCO)C(=O)c1c[nH]ccc1=O. The molecule has 2 N–H and O–H groups in total. The van der Waals surface area contributed by atoms with Crippen LogP contribution < -0.4 is 5.43 Å². The van der Waals surface area contributed by atoms with Gasteiger partial charge in [-0.15, -0.1) is 0 Å². The molecule has 1 aromatic heterocycles. The largest absolute Gasteiger partial charge is 0.396 e. The third kappa shape index (κ3) is 2.93. The van der Waals surface area contributed by atoms with E-state index in [1.807, 2.05) is 6.92 Å². The first-order chi connectivity index (χ1) is 7.70. The van der Waals surface area contributed by atoms with Crippen LogP contribution in [0, 0.1) is 0 Å². The van der Waals surface area contributed by atoms with E-state index in [9.17, 15) is 9.59 Å². The third-order valence-corrected chi connectivity index (χ3v) is 2.31. The van der Waals surface area contributed by atoms with Crippen molar-refractivity contribution in [2.75, 3.05) is 19.7 Å². The van der Waals surface area contributed by atoms with E-state index in [0.717, 1.165) is 0 Å². The summed E-state index contributed by atoms with van der Waals surface area (Å²) in [5.74, 6) is -0.294. The van der Waals surface area contributed by atoms with Crippen LogP contribution in [0.1, 0.15) is 23.7 Å². The number of amides is 1. The van der Waals surface area contributed by atoms with E-state index in [0.29, 0.717) is 19.5 Å². The van der Waals surface area contributed by atoms with E-state index in [2.05, 4.69) is 4.98 Å². The number of H-pyrrole nitrogens is 1. The van der Waals surface area contributed by atoms with Crippen molar-refractivity contribution in [3.05, 3.63) is 34.2 Å². The predicted octanol–water partition coefficient (Wildman–Crippen LogP) is 0.219. The molecule has 1 heterocycles. The fourth-order valence-corrected chi connectivity index (χ4v) is 1.42. The normalized spacial score (nSPS) is 10.1. The molecular formula is C11H16N2O3. The standard InChI is InChI=1S/C11H16N2O3/c1-2-13(6-3-7-14)11(16)9-8-12-5-4-10(9)15/h4-5,8,14H,2-3,6-7H2,1H3,(H,12,15). The molecule has 0 saturated heterocycles. The van der Waals surface area contributed by atoms with Gasteiger partial charge in [-0.2, -0.15) is 0 Å². The number of carbonyl (C=O) groups excluding carboxylic acids is 1. The molecule has 1 amide bonds. The minimum atomic E-state index is -0.294. The lowest BCUT2D eigenvalue weighted by molar-refractivity contribution is 0.0752. The van der Waals surface area contributed by atoms with Crippen LogP contribution in [0.2, 0.25) is 0 Å². The summed E-state index contributed by atoms with van der Waals surface area (Å²) in [6, 6.07) is 1.33. The van der Waals surface area contributed by atoms with Gasteiger partial charge in [-0.25, -0.2) is 0 Å². The first kappa shape index (κ1) is 12.4. The fraction of sp³-hybridized carbons (Fsp3) is 0.455. The second-order valence-corrected chi connectivity index (χ2v) is 3.38. The van der Waals surface area contributed by atoms with Crippen molar-refractivity contribution in [1.82, 2.24) is 9.88 Å². The summed E-state index contributed by atoms with van der Waals surface area (Å²) >= 11 is 0. The Morgan fingerprint density at radius 1 is 1.56 bits per heavy atom. The molecule has 0 aromatic carbocycles. The van der Waals surface area contributed by atoms with Gasteiger partial charge in [0, 0.05) is 38.2 Å². The van der Waals surface area contributed by atoms with Crippen molar-refractivity contribution >= 4 is 5.91 Å². The number of hydrogen-bond acceptors (Lipinski definition) is 3. The van der Waals surface area contributed by atoms with Gasteiger partial charge in [0.1, 0.15) is 5.56 Å². The number of nitrogens with one attached hydrogen (secondary N) is 1. The Bertz CT molecular complexity index is 400. The van der Waals surface area contributed by atoms with Crippen molar-refractivity contribution in [2.24, 2.45) is 0 Å². The highest BCUT2D eigenvalue weighted by Gasteiger charge is 2.15. The second-order valence-electron chi connectivity index (χ2n) is 3.38. The maximum Gasteiger partial charge on any atom is 0.259 e. The minimum Gasteiger partial charge on any atom is -0.396 e. The van der Waals surface area contributed by atoms with Crippen LogP contribution in [-0.4, -0.2) is 40.6 Å². The predicted molar refractivity (Wildman–Crippen MR) is 60.3 cm³/mol. The molecule has 1 aromatic rings. The Morgan fingerprint density at radius 3 is 2.88 bits per heavy atom. The second kappa shape index (κ2) is 6.07. The van der Waals surface area contributed by atoms with Crippen molar-refractivity contribution in [2.45, 2.75) is 13.3 Å². The molecule has 0 aliphatic heterocycles. The molecule has 0 bridgehead atoms. The molecule has 0 atom stereocenters. The zero-order valence-electron chi connectivity index (χ0n) is 9.27. The fourth-order valence-electron chi connectivity index (χ4n) is 1.42. The molecule has 5 heteroatoms. The summed E-state index contributed by atoms with van der Waals surface area (Å²) in [7, 11) is 0. The van der Waals surface area contributed by atoms with Gasteiger partial charge in [0.15, 0.2) is 5.43 Å². The molecule has 0 fully saturated rings. The number of nitrogens with zero attached hydrogens (tertiary/aromatic N) is 1. The van der Waals surface area contributed by atoms with Gasteiger partial charge in [-0.3, -0.25) is 9.59 Å². The van der Waals surface area contributed by atoms with Crippen molar-refractivity contribution < 1.29 is 9.90 Å². The summed E-state index contributed by atoms with van der Waals surface area (Å²) in [6.07, 6.45) is 3.42. The van der Waals surface area contributed by atoms with E-state index in [4.69, 9.17) is 5.11 Å². The Labute approximate surface area is 93.7 Å². The molecule has 0 spiro atoms. The number of aromatic nitrogens is 1. The first-order valence-electron chi connectivity index (χ1n) is 5.28. The Balaban J connectivity index is 2.83. The van der Waals surface area contributed by atoms with Gasteiger partial charge in [0.05, 0.1) is 0 Å². The van der Waals surface area contributed by atoms with Gasteiger partial charge in [-0.05, 0) is 13.3 Å². The summed E-state index contributed by atoms with van der Waals surface area (Å²) in [5.41, 5.74) is -0.145. The molecule has 0 radical (unpaired) electrons. The molecule has 0 aliphatic rings. The highest BCUT2D eigenvalue weighted by atomic mass is 16.3. The highest BCUT2D eigenvalue weighted by molar-refractivity contribution is 5.93. The van der Waals surface area contributed by atoms with Crippen LogP contribution in [-0.2, 0) is 0 Å². The molecule has 5 nitrogen and oxygen atoms in total. The minimum absolute atomic E-state index is 0.0366. The number of aliphatic hydroxyl groups is 1. The van der Waals surface area contributed by atoms with Crippen LogP contribution in [0.5, 0.6) is 0 Å². The summed E-state index contributed by atoms with van der Waals surface area (Å²) in [4.78, 5) is 27.6. The topological polar surface area (TPSA) is 73.4 Å². The van der Waals surface area contributed by atoms with E-state index in [1.165, 1.54) is 18.5 Å². The Hall–Kier alpha value is -1.62. The average molecular weight is 224 g/mol. The number of aromatic amines is 1. The molecule has 88 valence electrons. The number of hydrogen-bond donors (Lipinski definition) is 2. The number of rotatable bonds is 5. The van der Waals surface area contributed by atoms with E-state index >= 15 is 0 Å². The number of aliphatic hydroxyl groups excluding tert-OH is 1. The lowest BCUT2D eigenvalue weighted by Crippen LogP contribution is -2.35. The molecule has 0 aliphatic carbocycles. The zero-order valence-corrected chi connectivity index (χ0v) is 9.27. The quantitative estimate of drug-likeness (QED) is 0.751. The summed E-state index contributed by atoms with van der Waals surface area (Å²) in [6.45, 7) is 2.86. The lowest BCUT2D eigenvalue weighted by Gasteiger charge is -2.19. The van der Waals surface area contributed by atoms with E-state index in [-0.39, 0.29) is 23.5 Å². The maximum absolute atomic E-state index is 11.9. The van der Waals surface area contributed by atoms with Crippen molar-refractivity contribution in [1.29, 1.82) is 0 Å². The third-order valence-electron chi connectivity index (χ3n) is 2.31. The van der Waals surface area contributed by atoms with Crippen LogP contribution in [0.3, 0.4) is 0 Å². The summed E-state index contributed by atoms with van der Waals surface area (Å²) in [5, 5.41) is 8.71. The average Bonchev–Trinajstić information content (AvgIpc) is 2.30. The smallest absolute Gasteiger partial charge is 0.259 e. The number of carbonyl (C=O) groups is 1. The Morgan fingerprint density at radius 2 is 2.31 bits per heavy atom. The van der Waals surface area contributed by atoms with Gasteiger partial charge in [0.25, 0.3) is 5.91 Å². The van der Waals surface area contributed by atoms with E-state index in [1.54, 1.807) is 4.90 Å². The summed E-state index contributed by atoms with van der Waals surface area (Å²) < 4.78 is 0. The Kier molecular flexibility index (Phi) is 4.72. The molecule has 16 heavy (non-hydrogen) atoms. The van der Waals surface area contributed by atoms with Gasteiger partial charge in [-0.1, -0.05) is 0 Å². The van der Waals surface area contributed by atoms with Crippen LogP contribution in [0.4, 0.5) is 0 Å². The monoisotopic (exact) mass is 224 g/mol. The molecular weight excluding hydrogens is 208 g/mol. The zero-order chi connectivity index (χ0) is 12.0. The van der Waals surface area contributed by atoms with E-state index < -0.39 is 0 Å². The number of pyridine rings is 1. The lowest BCUT2D eigenvalue weighted by atomic mass is 10.2. The first-order valence-corrected chi connectivity index (χ1v) is 5.28. The van der Waals surface area contributed by atoms with Gasteiger partial charge >= 0.3 is 0 Å². The van der Waals surface area contributed by atoms with Gasteiger partial charge < -0.3 is 15.0 Å². The molecule has 0 unspecified atom stereocenters. The van der Waals surface area contributed by atoms with Crippen LogP contribution in [0.15, 0.2) is 23.3 Å². The molecule has 0 saturated carbocycles. The van der Waals surface area contributed by atoms with Crippen LogP contribution >= 0.6 is 0 Å². The van der Waals surface area contributed by atoms with Crippen LogP contribution in [0.25, 0.3) is 0 Å².